The standard InChI is InChI=1S/C54H74F4N8O15/c1-4-11-66(80-38-43-7-10-63-65-43)54(69)42-32-41-6-5-40(33-46(41)64-47(59)34-42)39(2)36-61-48(60-3)37-62-49(67)8-12-70-14-16-72-18-20-74-22-24-76-26-28-78-30-31-79-29-27-77-25-23-75-21-19-73-17-15-71-13-9-50(68)81-53-51(57)44(55)35-45(56)52(53)58/h5-7,10,32-33,35-36H,3-4,8-9,11-31,34,37-38H2,1-2H3,(H2,59,64)(H,62,67)(H,63,65)/b39-36+,61-48?. The number of nitrogens with one attached hydrogen (secondary N) is 2. The van der Waals surface area contributed by atoms with E-state index in [2.05, 4.69) is 41.9 Å². The molecule has 0 saturated carbocycles. The Morgan fingerprint density at radius 2 is 1.23 bits per heavy atom. The minimum absolute atomic E-state index is 0.0128. The summed E-state index contributed by atoms with van der Waals surface area (Å²) in [5.41, 5.74) is 10.4. The molecule has 23 nitrogen and oxygen atoms in total. The van der Waals surface area contributed by atoms with Gasteiger partial charge in [0, 0.05) is 49.0 Å². The first kappa shape index (κ1) is 67.1. The van der Waals surface area contributed by atoms with Crippen molar-refractivity contribution in [1.82, 2.24) is 20.6 Å². The number of aliphatic imine (C=N–C) groups is 3. The minimum Gasteiger partial charge on any atom is -0.420 e. The number of benzene rings is 2. The van der Waals surface area contributed by atoms with Gasteiger partial charge in [-0.2, -0.15) is 13.9 Å². The molecule has 0 aliphatic carbocycles. The summed E-state index contributed by atoms with van der Waals surface area (Å²) in [6.45, 7) is 14.4. The Hall–Kier alpha value is -6.37. The molecule has 4 rings (SSSR count). The van der Waals surface area contributed by atoms with E-state index in [1.165, 1.54) is 5.06 Å². The van der Waals surface area contributed by atoms with Gasteiger partial charge in [0.05, 0.1) is 156 Å². The highest BCUT2D eigenvalue weighted by Crippen LogP contribution is 2.31. The Morgan fingerprint density at radius 3 is 1.72 bits per heavy atom. The number of rotatable bonds is 44. The largest absolute Gasteiger partial charge is 0.420 e. The van der Waals surface area contributed by atoms with Gasteiger partial charge in [0.2, 0.25) is 23.3 Å². The summed E-state index contributed by atoms with van der Waals surface area (Å²) in [6.07, 6.45) is 5.62. The first-order chi connectivity index (χ1) is 39.4. The lowest BCUT2D eigenvalue weighted by Crippen LogP contribution is -2.34. The zero-order valence-electron chi connectivity index (χ0n) is 45.9. The second-order valence-electron chi connectivity index (χ2n) is 17.2. The summed E-state index contributed by atoms with van der Waals surface area (Å²) in [6, 6.07) is 7.43. The van der Waals surface area contributed by atoms with Gasteiger partial charge in [-0.3, -0.25) is 24.3 Å². The number of hydrogen-bond donors (Lipinski definition) is 3. The molecule has 1 aliphatic rings. The first-order valence-corrected chi connectivity index (χ1v) is 26.3. The van der Waals surface area contributed by atoms with Crippen molar-refractivity contribution in [2.75, 3.05) is 145 Å². The van der Waals surface area contributed by atoms with Crippen molar-refractivity contribution in [2.45, 2.75) is 46.1 Å². The predicted octanol–water partition coefficient (Wildman–Crippen LogP) is 5.24. The lowest BCUT2D eigenvalue weighted by Gasteiger charge is -2.22. The second kappa shape index (κ2) is 40.7. The zero-order chi connectivity index (χ0) is 58.3. The molecule has 2 heterocycles. The molecule has 1 aliphatic heterocycles. The number of nitrogens with two attached hydrogens (primary N) is 1. The number of fused-ring (bicyclic) bond motifs is 1. The first-order valence-electron chi connectivity index (χ1n) is 26.3. The normalized spacial score (nSPS) is 12.7. The molecule has 2 amide bonds. The molecular weight excluding hydrogens is 1080 g/mol. The van der Waals surface area contributed by atoms with Crippen LogP contribution in [0.2, 0.25) is 0 Å². The summed E-state index contributed by atoms with van der Waals surface area (Å²) >= 11 is 0. The van der Waals surface area contributed by atoms with Crippen LogP contribution >= 0.6 is 0 Å². The molecule has 0 bridgehead atoms. The number of allylic oxidation sites excluding steroid dienone is 1. The lowest BCUT2D eigenvalue weighted by molar-refractivity contribution is -0.187. The number of nitrogens with zero attached hydrogens (tertiary/aromatic N) is 5. The van der Waals surface area contributed by atoms with Crippen LogP contribution in [0.15, 0.2) is 63.3 Å². The molecule has 81 heavy (non-hydrogen) atoms. The van der Waals surface area contributed by atoms with E-state index in [0.29, 0.717) is 135 Å². The van der Waals surface area contributed by atoms with Crippen molar-refractivity contribution in [3.05, 3.63) is 88.4 Å². The maximum absolute atomic E-state index is 13.6. The number of amides is 2. The van der Waals surface area contributed by atoms with Crippen LogP contribution in [-0.4, -0.2) is 197 Å². The molecule has 0 saturated heterocycles. The van der Waals surface area contributed by atoms with Crippen molar-refractivity contribution in [2.24, 2.45) is 20.7 Å². The summed E-state index contributed by atoms with van der Waals surface area (Å²) in [5, 5.41) is 10.9. The lowest BCUT2D eigenvalue weighted by atomic mass is 10.0. The monoisotopic (exact) mass is 1150 g/mol. The molecule has 0 radical (unpaired) electrons. The van der Waals surface area contributed by atoms with Gasteiger partial charge >= 0.3 is 5.97 Å². The number of halogens is 4. The third-order valence-corrected chi connectivity index (χ3v) is 10.9. The van der Waals surface area contributed by atoms with Gasteiger partial charge in [0.1, 0.15) is 18.3 Å². The van der Waals surface area contributed by atoms with Crippen LogP contribution in [0.25, 0.3) is 11.6 Å². The van der Waals surface area contributed by atoms with Crippen molar-refractivity contribution >= 4 is 53.5 Å². The van der Waals surface area contributed by atoms with Crippen LogP contribution in [0.3, 0.4) is 0 Å². The third-order valence-electron chi connectivity index (χ3n) is 10.9. The van der Waals surface area contributed by atoms with Gasteiger partial charge < -0.3 is 63.2 Å². The van der Waals surface area contributed by atoms with Gasteiger partial charge in [-0.25, -0.2) is 28.8 Å². The second-order valence-corrected chi connectivity index (χ2v) is 17.2. The van der Waals surface area contributed by atoms with Gasteiger partial charge in [0.25, 0.3) is 5.91 Å². The van der Waals surface area contributed by atoms with E-state index < -0.39 is 41.4 Å². The molecule has 2 aromatic carbocycles. The number of aromatic amines is 1. The van der Waals surface area contributed by atoms with E-state index >= 15 is 0 Å². The highest BCUT2D eigenvalue weighted by Gasteiger charge is 2.24. The number of esters is 1. The average Bonchev–Trinajstić information content (AvgIpc) is 3.92. The molecule has 3 aromatic rings. The van der Waals surface area contributed by atoms with E-state index in [-0.39, 0.29) is 76.9 Å². The number of aromatic nitrogens is 2. The molecule has 27 heteroatoms. The van der Waals surface area contributed by atoms with Gasteiger partial charge in [-0.15, -0.1) is 0 Å². The third kappa shape index (κ3) is 27.8. The number of amidine groups is 2. The van der Waals surface area contributed by atoms with E-state index in [0.717, 1.165) is 22.4 Å². The van der Waals surface area contributed by atoms with Gasteiger partial charge in [-0.05, 0) is 49.4 Å². The number of ether oxygens (including phenoxy) is 11. The number of carbonyl (C=O) groups is 3. The maximum atomic E-state index is 13.6. The minimum atomic E-state index is -1.80. The molecule has 0 unspecified atom stereocenters. The molecule has 0 atom stereocenters. The molecule has 1 aromatic heterocycles. The van der Waals surface area contributed by atoms with Crippen molar-refractivity contribution in [1.29, 1.82) is 0 Å². The number of hydroxylamine groups is 2. The van der Waals surface area contributed by atoms with E-state index in [4.69, 9.17) is 57.9 Å². The topological polar surface area (TPSA) is 269 Å². The summed E-state index contributed by atoms with van der Waals surface area (Å²) in [5.74, 6) is -9.46. The van der Waals surface area contributed by atoms with Crippen molar-refractivity contribution in [3.63, 3.8) is 0 Å². The van der Waals surface area contributed by atoms with E-state index in [1.54, 1.807) is 24.5 Å². The fraction of sp³-hybridized carbons (Fsp3) is 0.537. The molecule has 0 fully saturated rings. The van der Waals surface area contributed by atoms with Crippen LogP contribution in [0.1, 0.15) is 56.4 Å². The Bertz CT molecular complexity index is 2460. The fourth-order valence-electron chi connectivity index (χ4n) is 6.74. The molecule has 0 spiro atoms. The van der Waals surface area contributed by atoms with E-state index in [9.17, 15) is 31.9 Å². The van der Waals surface area contributed by atoms with E-state index in [1.807, 2.05) is 32.0 Å². The molecule has 448 valence electrons. The number of H-pyrrole nitrogens is 1. The predicted molar refractivity (Wildman–Crippen MR) is 289 cm³/mol. The summed E-state index contributed by atoms with van der Waals surface area (Å²) < 4.78 is 112. The highest BCUT2D eigenvalue weighted by molar-refractivity contribution is 6.05. The quantitative estimate of drug-likeness (QED) is 0.00955. The van der Waals surface area contributed by atoms with Crippen LogP contribution in [0.5, 0.6) is 5.75 Å². The fourth-order valence-corrected chi connectivity index (χ4v) is 6.74. The average molecular weight is 1150 g/mol. The van der Waals surface area contributed by atoms with Crippen LogP contribution in [-0.2, 0) is 73.2 Å². The Balaban J connectivity index is 0.886. The molecule has 4 N–H and O–H groups in total. The van der Waals surface area contributed by atoms with Crippen LogP contribution in [0, 0.1) is 23.3 Å². The zero-order valence-corrected chi connectivity index (χ0v) is 45.9. The van der Waals surface area contributed by atoms with Crippen LogP contribution in [0.4, 0.5) is 23.2 Å². The Labute approximate surface area is 468 Å². The molecular formula is C54H74F4N8O15. The summed E-state index contributed by atoms with van der Waals surface area (Å²) in [7, 11) is 0. The van der Waals surface area contributed by atoms with Crippen molar-refractivity contribution in [3.8, 4) is 5.75 Å². The van der Waals surface area contributed by atoms with Crippen molar-refractivity contribution < 1.29 is 88.9 Å². The SMILES string of the molecule is C=NC(CNC(=O)CCOCCOCCOCCOCCOCCOCCOCCOCCOCCOCCC(=O)Oc1c(F)c(F)cc(F)c1F)=N/C=C(\C)c1ccc2c(c1)N=C(N)CC(C(=O)N(CCC)OCc1ccn[nH]1)=C2. The summed E-state index contributed by atoms with van der Waals surface area (Å²) in [4.78, 5) is 56.5. The maximum Gasteiger partial charge on any atom is 0.313 e. The Morgan fingerprint density at radius 1 is 0.728 bits per heavy atom. The number of carbonyl (C=O) groups excluding carboxylic acids is 3. The smallest absolute Gasteiger partial charge is 0.313 e. The van der Waals surface area contributed by atoms with Gasteiger partial charge in [0.15, 0.2) is 11.6 Å². The van der Waals surface area contributed by atoms with Gasteiger partial charge in [-0.1, -0.05) is 19.1 Å². The number of hydrogen-bond acceptors (Lipinski definition) is 19. The Kier molecular flexibility index (Phi) is 33.8. The van der Waals surface area contributed by atoms with Crippen LogP contribution < -0.4 is 15.8 Å². The highest BCUT2D eigenvalue weighted by atomic mass is 19.2.